The summed E-state index contributed by atoms with van der Waals surface area (Å²) in [7, 11) is 0. The quantitative estimate of drug-likeness (QED) is 0.860. The third kappa shape index (κ3) is 3.07. The van der Waals surface area contributed by atoms with Crippen LogP contribution in [-0.4, -0.2) is 59.1 Å². The lowest BCUT2D eigenvalue weighted by molar-refractivity contribution is -0.101. The van der Waals surface area contributed by atoms with Crippen LogP contribution in [0.4, 0.5) is 0 Å². The van der Waals surface area contributed by atoms with Gasteiger partial charge in [-0.1, -0.05) is 6.07 Å². The third-order valence-electron chi connectivity index (χ3n) is 4.83. The van der Waals surface area contributed by atoms with Crippen molar-refractivity contribution in [1.82, 2.24) is 14.8 Å². The Bertz CT molecular complexity index is 674. The number of aromatic nitrogens is 1. The Morgan fingerprint density at radius 3 is 3.04 bits per heavy atom. The van der Waals surface area contributed by atoms with Crippen LogP contribution in [0, 0.1) is 0 Å². The predicted octanol–water partition coefficient (Wildman–Crippen LogP) is 1.79. The average molecular weight is 327 g/mol. The van der Waals surface area contributed by atoms with E-state index in [9.17, 15) is 4.79 Å². The second kappa shape index (κ2) is 6.75. The molecule has 4 heterocycles. The van der Waals surface area contributed by atoms with Gasteiger partial charge in [-0.2, -0.15) is 0 Å². The summed E-state index contributed by atoms with van der Waals surface area (Å²) in [5.41, 5.74) is 1.19. The number of pyridine rings is 1. The van der Waals surface area contributed by atoms with Crippen molar-refractivity contribution >= 4 is 5.91 Å². The zero-order valence-corrected chi connectivity index (χ0v) is 13.5. The number of hydrogen-bond acceptors (Lipinski definition) is 5. The summed E-state index contributed by atoms with van der Waals surface area (Å²) in [6, 6.07) is 7.73. The van der Waals surface area contributed by atoms with Gasteiger partial charge in [-0.25, -0.2) is 0 Å². The van der Waals surface area contributed by atoms with Crippen LogP contribution in [0.15, 0.2) is 47.3 Å². The molecule has 0 aliphatic carbocycles. The highest BCUT2D eigenvalue weighted by Crippen LogP contribution is 2.25. The SMILES string of the molecule is O=C(c1ccco1)N1CC[C@H]2OCCN(Cc3cccnc3)[C@@H]2C1. The molecule has 2 aliphatic heterocycles. The van der Waals surface area contributed by atoms with Gasteiger partial charge in [0.15, 0.2) is 5.76 Å². The fraction of sp³-hybridized carbons (Fsp3) is 0.444. The summed E-state index contributed by atoms with van der Waals surface area (Å²) in [6.07, 6.45) is 6.28. The third-order valence-corrected chi connectivity index (χ3v) is 4.83. The number of likely N-dealkylation sites (tertiary alicyclic amines) is 1. The van der Waals surface area contributed by atoms with E-state index in [0.29, 0.717) is 18.8 Å². The number of ether oxygens (including phenoxy) is 1. The number of piperidine rings is 1. The molecule has 2 aliphatic rings. The summed E-state index contributed by atoms with van der Waals surface area (Å²) in [5.74, 6) is 0.370. The molecule has 0 bridgehead atoms. The Balaban J connectivity index is 1.48. The van der Waals surface area contributed by atoms with Crippen LogP contribution in [0.3, 0.4) is 0 Å². The first-order valence-corrected chi connectivity index (χ1v) is 8.38. The number of rotatable bonds is 3. The standard InChI is InChI=1S/C18H21N3O3/c22-18(17-4-2-9-23-17)21-7-5-16-15(13-21)20(8-10-24-16)12-14-3-1-6-19-11-14/h1-4,6,9,11,15-16H,5,7-8,10,12-13H2/t15-,16-/m1/s1. The monoisotopic (exact) mass is 327 g/mol. The van der Waals surface area contributed by atoms with Crippen LogP contribution in [-0.2, 0) is 11.3 Å². The van der Waals surface area contributed by atoms with E-state index in [4.69, 9.17) is 9.15 Å². The summed E-state index contributed by atoms with van der Waals surface area (Å²) < 4.78 is 11.2. The number of carbonyl (C=O) groups excluding carboxylic acids is 1. The molecule has 6 heteroatoms. The molecule has 6 nitrogen and oxygen atoms in total. The van der Waals surface area contributed by atoms with Gasteiger partial charge in [0.1, 0.15) is 0 Å². The van der Waals surface area contributed by atoms with Gasteiger partial charge in [-0.3, -0.25) is 14.7 Å². The van der Waals surface area contributed by atoms with Gasteiger partial charge < -0.3 is 14.1 Å². The lowest BCUT2D eigenvalue weighted by atomic mass is 9.98. The van der Waals surface area contributed by atoms with E-state index in [1.165, 1.54) is 5.56 Å². The van der Waals surface area contributed by atoms with Crippen molar-refractivity contribution in [2.45, 2.75) is 25.1 Å². The Morgan fingerprint density at radius 2 is 2.25 bits per heavy atom. The average Bonchev–Trinajstić information content (AvgIpc) is 3.17. The smallest absolute Gasteiger partial charge is 0.289 e. The van der Waals surface area contributed by atoms with E-state index in [0.717, 1.165) is 26.1 Å². The van der Waals surface area contributed by atoms with Crippen LogP contribution in [0.1, 0.15) is 22.5 Å². The largest absolute Gasteiger partial charge is 0.459 e. The normalized spacial score (nSPS) is 24.6. The molecule has 1 amide bonds. The van der Waals surface area contributed by atoms with Crippen LogP contribution in [0.25, 0.3) is 0 Å². The van der Waals surface area contributed by atoms with Crippen molar-refractivity contribution in [3.63, 3.8) is 0 Å². The minimum atomic E-state index is -0.0367. The van der Waals surface area contributed by atoms with Gasteiger partial charge in [0.05, 0.1) is 25.0 Å². The minimum absolute atomic E-state index is 0.0367. The van der Waals surface area contributed by atoms with Gasteiger partial charge in [-0.15, -0.1) is 0 Å². The summed E-state index contributed by atoms with van der Waals surface area (Å²) in [5, 5.41) is 0. The molecule has 0 spiro atoms. The van der Waals surface area contributed by atoms with E-state index in [2.05, 4.69) is 16.0 Å². The van der Waals surface area contributed by atoms with Crippen molar-refractivity contribution in [2.75, 3.05) is 26.2 Å². The maximum absolute atomic E-state index is 12.6. The molecular formula is C18H21N3O3. The number of fused-ring (bicyclic) bond motifs is 1. The number of amides is 1. The Labute approximate surface area is 141 Å². The van der Waals surface area contributed by atoms with Crippen molar-refractivity contribution in [2.24, 2.45) is 0 Å². The number of morpholine rings is 1. The molecule has 2 aromatic rings. The van der Waals surface area contributed by atoms with E-state index in [1.807, 2.05) is 17.2 Å². The van der Waals surface area contributed by atoms with Crippen LogP contribution < -0.4 is 0 Å². The molecule has 0 saturated carbocycles. The molecule has 4 rings (SSSR count). The Hall–Kier alpha value is -2.18. The molecule has 0 unspecified atom stereocenters. The first-order chi connectivity index (χ1) is 11.8. The topological polar surface area (TPSA) is 58.8 Å². The molecule has 0 radical (unpaired) electrons. The van der Waals surface area contributed by atoms with E-state index >= 15 is 0 Å². The van der Waals surface area contributed by atoms with Gasteiger partial charge in [0, 0.05) is 38.6 Å². The lowest BCUT2D eigenvalue weighted by Crippen LogP contribution is -2.60. The van der Waals surface area contributed by atoms with Crippen molar-refractivity contribution in [3.05, 3.63) is 54.2 Å². The van der Waals surface area contributed by atoms with Crippen LogP contribution in [0.2, 0.25) is 0 Å². The maximum Gasteiger partial charge on any atom is 0.289 e. The lowest BCUT2D eigenvalue weighted by Gasteiger charge is -2.46. The molecule has 2 fully saturated rings. The van der Waals surface area contributed by atoms with E-state index in [1.54, 1.807) is 24.6 Å². The van der Waals surface area contributed by atoms with Gasteiger partial charge >= 0.3 is 0 Å². The molecular weight excluding hydrogens is 306 g/mol. The zero-order valence-electron chi connectivity index (χ0n) is 13.5. The fourth-order valence-corrected chi connectivity index (χ4v) is 3.61. The second-order valence-corrected chi connectivity index (χ2v) is 6.33. The molecule has 24 heavy (non-hydrogen) atoms. The zero-order chi connectivity index (χ0) is 16.4. The summed E-state index contributed by atoms with van der Waals surface area (Å²) in [4.78, 5) is 21.0. The maximum atomic E-state index is 12.6. The minimum Gasteiger partial charge on any atom is -0.459 e. The first kappa shape index (κ1) is 15.4. The molecule has 0 aromatic carbocycles. The summed E-state index contributed by atoms with van der Waals surface area (Å²) in [6.45, 7) is 3.83. The van der Waals surface area contributed by atoms with Crippen molar-refractivity contribution < 1.29 is 13.9 Å². The van der Waals surface area contributed by atoms with E-state index in [-0.39, 0.29) is 18.1 Å². The first-order valence-electron chi connectivity index (χ1n) is 8.38. The highest BCUT2D eigenvalue weighted by atomic mass is 16.5. The van der Waals surface area contributed by atoms with Gasteiger partial charge in [0.25, 0.3) is 5.91 Å². The number of carbonyl (C=O) groups is 1. The van der Waals surface area contributed by atoms with Gasteiger partial charge in [-0.05, 0) is 30.2 Å². The number of nitrogens with zero attached hydrogens (tertiary/aromatic N) is 3. The molecule has 0 N–H and O–H groups in total. The number of hydrogen-bond donors (Lipinski definition) is 0. The van der Waals surface area contributed by atoms with Crippen molar-refractivity contribution in [3.8, 4) is 0 Å². The van der Waals surface area contributed by atoms with Crippen LogP contribution >= 0.6 is 0 Å². The molecule has 126 valence electrons. The molecule has 2 saturated heterocycles. The molecule has 2 atom stereocenters. The Morgan fingerprint density at radius 1 is 1.29 bits per heavy atom. The predicted molar refractivity (Wildman–Crippen MR) is 87.4 cm³/mol. The highest BCUT2D eigenvalue weighted by Gasteiger charge is 2.38. The molecule has 2 aromatic heterocycles. The summed E-state index contributed by atoms with van der Waals surface area (Å²) >= 11 is 0. The van der Waals surface area contributed by atoms with Gasteiger partial charge in [0.2, 0.25) is 0 Å². The van der Waals surface area contributed by atoms with Crippen LogP contribution in [0.5, 0.6) is 0 Å². The Kier molecular flexibility index (Phi) is 4.32. The van der Waals surface area contributed by atoms with E-state index < -0.39 is 0 Å². The fourth-order valence-electron chi connectivity index (χ4n) is 3.61. The number of furan rings is 1. The van der Waals surface area contributed by atoms with Crippen molar-refractivity contribution in [1.29, 1.82) is 0 Å². The second-order valence-electron chi connectivity index (χ2n) is 6.33. The highest BCUT2D eigenvalue weighted by molar-refractivity contribution is 5.91.